The van der Waals surface area contributed by atoms with Crippen LogP contribution in [0.15, 0.2) is 78.9 Å². The van der Waals surface area contributed by atoms with Crippen LogP contribution in [0.2, 0.25) is 5.02 Å². The van der Waals surface area contributed by atoms with Gasteiger partial charge in [-0.05, 0) is 35.2 Å². The number of nitrogens with one attached hydrogen (secondary N) is 1. The van der Waals surface area contributed by atoms with Gasteiger partial charge in [0.05, 0.1) is 13.1 Å². The van der Waals surface area contributed by atoms with E-state index < -0.39 is 12.2 Å². The average Bonchev–Trinajstić information content (AvgIpc) is 2.91. The molecule has 2 fully saturated rings. The van der Waals surface area contributed by atoms with Crippen molar-refractivity contribution in [3.63, 3.8) is 0 Å². The van der Waals surface area contributed by atoms with E-state index in [1.807, 2.05) is 85.8 Å². The van der Waals surface area contributed by atoms with Crippen LogP contribution >= 0.6 is 11.6 Å². The number of hydrazine groups is 1. The largest absolute Gasteiger partial charge is 0.334 e. The standard InChI is InChI=1S/C29H30ClN5O3/c1-20-15-22(13-14-24(20)30)17-33-18-25-34(27(28(33)37)23-11-7-4-8-12-23)26(36)19-32(2)35(25)29(38)31-16-21-9-5-3-6-10-21/h3-15,25,27H,16-19H2,1-2H3,(H,31,38)/t25-,27-/m0/s1. The summed E-state index contributed by atoms with van der Waals surface area (Å²) >= 11 is 6.23. The number of amides is 4. The number of carbonyl (C=O) groups is 3. The molecule has 0 spiro atoms. The van der Waals surface area contributed by atoms with Crippen LogP contribution in [0, 0.1) is 6.92 Å². The SMILES string of the molecule is Cc1cc(CN2C[C@H]3N(C(=O)CN(C)N3C(=O)NCc3ccccc3)[C@@H](c3ccccc3)C2=O)ccc1Cl. The number of halogens is 1. The normalized spacial score (nSPS) is 19.9. The molecule has 0 radical (unpaired) electrons. The fraction of sp³-hybridized carbons (Fsp3) is 0.276. The van der Waals surface area contributed by atoms with Gasteiger partial charge in [0.15, 0.2) is 0 Å². The molecule has 0 bridgehead atoms. The summed E-state index contributed by atoms with van der Waals surface area (Å²) in [5.41, 5.74) is 3.52. The molecule has 8 nitrogen and oxygen atoms in total. The molecule has 3 aromatic carbocycles. The number of carbonyl (C=O) groups excluding carboxylic acids is 3. The second-order valence-corrected chi connectivity index (χ2v) is 10.1. The van der Waals surface area contributed by atoms with Crippen LogP contribution in [0.3, 0.4) is 0 Å². The molecule has 4 amide bonds. The minimum absolute atomic E-state index is 0.0117. The highest BCUT2D eigenvalue weighted by Gasteiger charge is 2.51. The van der Waals surface area contributed by atoms with E-state index in [0.29, 0.717) is 23.7 Å². The highest BCUT2D eigenvalue weighted by molar-refractivity contribution is 6.31. The zero-order chi connectivity index (χ0) is 26.8. The Morgan fingerprint density at radius 3 is 2.34 bits per heavy atom. The minimum Gasteiger partial charge on any atom is -0.333 e. The van der Waals surface area contributed by atoms with Crippen molar-refractivity contribution in [2.75, 3.05) is 20.1 Å². The van der Waals surface area contributed by atoms with E-state index in [4.69, 9.17) is 11.6 Å². The van der Waals surface area contributed by atoms with Gasteiger partial charge in [-0.15, -0.1) is 0 Å². The van der Waals surface area contributed by atoms with E-state index >= 15 is 0 Å². The topological polar surface area (TPSA) is 76.2 Å². The number of hydrogen-bond acceptors (Lipinski definition) is 4. The number of likely N-dealkylation sites (N-methyl/N-ethyl adjacent to an activating group) is 1. The van der Waals surface area contributed by atoms with Crippen molar-refractivity contribution in [3.05, 3.63) is 106 Å². The molecule has 2 saturated heterocycles. The van der Waals surface area contributed by atoms with Crippen molar-refractivity contribution >= 4 is 29.4 Å². The number of fused-ring (bicyclic) bond motifs is 1. The van der Waals surface area contributed by atoms with Gasteiger partial charge in [-0.3, -0.25) is 9.59 Å². The fourth-order valence-electron chi connectivity index (χ4n) is 5.18. The Hall–Kier alpha value is -3.88. The van der Waals surface area contributed by atoms with Crippen molar-refractivity contribution < 1.29 is 14.4 Å². The van der Waals surface area contributed by atoms with E-state index in [-0.39, 0.29) is 30.9 Å². The summed E-state index contributed by atoms with van der Waals surface area (Å²) in [6.45, 7) is 2.77. The lowest BCUT2D eigenvalue weighted by Crippen LogP contribution is -2.73. The van der Waals surface area contributed by atoms with Gasteiger partial charge in [-0.25, -0.2) is 14.8 Å². The van der Waals surface area contributed by atoms with Crippen LogP contribution < -0.4 is 5.32 Å². The summed E-state index contributed by atoms with van der Waals surface area (Å²) < 4.78 is 0. The molecule has 1 N–H and O–H groups in total. The molecular formula is C29H30ClN5O3. The van der Waals surface area contributed by atoms with E-state index in [1.165, 1.54) is 0 Å². The molecule has 2 heterocycles. The van der Waals surface area contributed by atoms with Crippen LogP contribution in [0.5, 0.6) is 0 Å². The molecule has 38 heavy (non-hydrogen) atoms. The third kappa shape index (κ3) is 5.10. The van der Waals surface area contributed by atoms with Gasteiger partial charge >= 0.3 is 6.03 Å². The lowest BCUT2D eigenvalue weighted by Gasteiger charge is -2.54. The van der Waals surface area contributed by atoms with Crippen LogP contribution in [-0.4, -0.2) is 64.0 Å². The lowest BCUT2D eigenvalue weighted by molar-refractivity contribution is -0.188. The number of rotatable bonds is 5. The number of hydrogen-bond donors (Lipinski definition) is 1. The molecule has 0 aromatic heterocycles. The zero-order valence-corrected chi connectivity index (χ0v) is 22.1. The van der Waals surface area contributed by atoms with Crippen LogP contribution in [0.1, 0.15) is 28.3 Å². The van der Waals surface area contributed by atoms with Crippen LogP contribution in [0.4, 0.5) is 4.79 Å². The van der Waals surface area contributed by atoms with Gasteiger partial charge in [-0.1, -0.05) is 84.4 Å². The quantitative estimate of drug-likeness (QED) is 0.541. The number of benzene rings is 3. The Balaban J connectivity index is 1.48. The fourth-order valence-corrected chi connectivity index (χ4v) is 5.29. The summed E-state index contributed by atoms with van der Waals surface area (Å²) in [6, 6.07) is 23.4. The van der Waals surface area contributed by atoms with Gasteiger partial charge < -0.3 is 15.1 Å². The minimum atomic E-state index is -0.839. The Bertz CT molecular complexity index is 1340. The summed E-state index contributed by atoms with van der Waals surface area (Å²) in [7, 11) is 1.72. The van der Waals surface area contributed by atoms with Crippen LogP contribution in [0.25, 0.3) is 0 Å². The molecule has 0 unspecified atom stereocenters. The molecule has 5 rings (SSSR count). The maximum atomic E-state index is 13.9. The first kappa shape index (κ1) is 25.8. The Morgan fingerprint density at radius 2 is 1.66 bits per heavy atom. The molecule has 3 aromatic rings. The Morgan fingerprint density at radius 1 is 0.974 bits per heavy atom. The smallest absolute Gasteiger partial charge is 0.333 e. The molecule has 0 saturated carbocycles. The van der Waals surface area contributed by atoms with Crippen molar-refractivity contribution in [2.45, 2.75) is 32.2 Å². The number of urea groups is 1. The molecule has 2 atom stereocenters. The molecule has 2 aliphatic rings. The van der Waals surface area contributed by atoms with Gasteiger partial charge in [-0.2, -0.15) is 0 Å². The van der Waals surface area contributed by atoms with E-state index in [0.717, 1.165) is 16.7 Å². The van der Waals surface area contributed by atoms with E-state index in [2.05, 4.69) is 5.32 Å². The summed E-state index contributed by atoms with van der Waals surface area (Å²) in [4.78, 5) is 44.2. The van der Waals surface area contributed by atoms with Crippen molar-refractivity contribution in [1.82, 2.24) is 25.1 Å². The third-order valence-electron chi connectivity index (χ3n) is 7.04. The van der Waals surface area contributed by atoms with Crippen molar-refractivity contribution in [2.24, 2.45) is 0 Å². The number of nitrogens with zero attached hydrogens (tertiary/aromatic N) is 4. The van der Waals surface area contributed by atoms with Gasteiger partial charge in [0.2, 0.25) is 5.91 Å². The van der Waals surface area contributed by atoms with Gasteiger partial charge in [0.1, 0.15) is 12.2 Å². The molecule has 196 valence electrons. The van der Waals surface area contributed by atoms with Crippen molar-refractivity contribution in [3.8, 4) is 0 Å². The predicted molar refractivity (Wildman–Crippen MR) is 145 cm³/mol. The molecule has 9 heteroatoms. The maximum Gasteiger partial charge on any atom is 0.334 e. The Kier molecular flexibility index (Phi) is 7.35. The first-order valence-corrected chi connectivity index (χ1v) is 12.9. The van der Waals surface area contributed by atoms with Crippen LogP contribution in [-0.2, 0) is 22.7 Å². The molecule has 0 aliphatic carbocycles. The van der Waals surface area contributed by atoms with E-state index in [1.54, 1.807) is 26.9 Å². The zero-order valence-electron chi connectivity index (χ0n) is 21.4. The summed E-state index contributed by atoms with van der Waals surface area (Å²) in [6.07, 6.45) is -0.673. The second-order valence-electron chi connectivity index (χ2n) is 9.70. The van der Waals surface area contributed by atoms with Gasteiger partial charge in [0, 0.05) is 25.2 Å². The highest BCUT2D eigenvalue weighted by atomic mass is 35.5. The number of aryl methyl sites for hydroxylation is 1. The first-order valence-electron chi connectivity index (χ1n) is 12.6. The summed E-state index contributed by atoms with van der Waals surface area (Å²) in [5, 5.41) is 6.83. The van der Waals surface area contributed by atoms with E-state index in [9.17, 15) is 14.4 Å². The molecular weight excluding hydrogens is 502 g/mol. The Labute approximate surface area is 227 Å². The average molecular weight is 532 g/mol. The van der Waals surface area contributed by atoms with Crippen molar-refractivity contribution in [1.29, 1.82) is 0 Å². The third-order valence-corrected chi connectivity index (χ3v) is 7.46. The lowest BCUT2D eigenvalue weighted by atomic mass is 9.98. The predicted octanol–water partition coefficient (Wildman–Crippen LogP) is 3.96. The monoisotopic (exact) mass is 531 g/mol. The first-order chi connectivity index (χ1) is 18.3. The molecule has 2 aliphatic heterocycles. The van der Waals surface area contributed by atoms with Gasteiger partial charge in [0.25, 0.3) is 5.91 Å². The summed E-state index contributed by atoms with van der Waals surface area (Å²) in [5.74, 6) is -0.378. The maximum absolute atomic E-state index is 13.9. The highest BCUT2D eigenvalue weighted by Crippen LogP contribution is 2.35. The number of piperazine rings is 1. The second kappa shape index (κ2) is 10.8.